The maximum Gasteiger partial charge on any atom is 0.410 e. The minimum atomic E-state index is -1.09. The number of phenols is 1. The number of carbonyl (C=O) groups is 1. The maximum absolute atomic E-state index is 14.4. The normalized spacial score (nSPS) is 17.9. The summed E-state index contributed by atoms with van der Waals surface area (Å²) in [5.41, 5.74) is -1.58. The summed E-state index contributed by atoms with van der Waals surface area (Å²) < 4.78 is 19.8. The second-order valence-corrected chi connectivity index (χ2v) is 7.83. The molecule has 0 radical (unpaired) electrons. The number of likely N-dealkylation sites (tertiary alicyclic amines) is 1. The molecule has 1 fully saturated rings. The van der Waals surface area contributed by atoms with E-state index in [0.29, 0.717) is 13.1 Å². The standard InChI is InChI=1S/C17H22ClFN2O5/c1-17(2,3)26-16(23)20-6-4-5-10(9-20)7-11-8-12(18)15(22)14(13(11)19)21(24)25/h8,10,22H,4-7,9H2,1-3H3. The van der Waals surface area contributed by atoms with Crippen molar-refractivity contribution in [3.05, 3.63) is 32.6 Å². The fraction of sp³-hybridized carbons (Fsp3) is 0.588. The molecule has 1 saturated heterocycles. The summed E-state index contributed by atoms with van der Waals surface area (Å²) in [6.07, 6.45) is 1.20. The number of hydrogen-bond donors (Lipinski definition) is 1. The van der Waals surface area contributed by atoms with Gasteiger partial charge in [0.05, 0.1) is 9.95 Å². The molecular weight excluding hydrogens is 367 g/mol. The molecule has 1 aromatic carbocycles. The predicted molar refractivity (Wildman–Crippen MR) is 94.0 cm³/mol. The smallest absolute Gasteiger partial charge is 0.410 e. The molecule has 1 aliphatic heterocycles. The van der Waals surface area contributed by atoms with Gasteiger partial charge < -0.3 is 14.7 Å². The van der Waals surface area contributed by atoms with Crippen LogP contribution in [0.25, 0.3) is 0 Å². The van der Waals surface area contributed by atoms with Gasteiger partial charge in [-0.05, 0) is 57.6 Å². The van der Waals surface area contributed by atoms with Crippen LogP contribution in [0.3, 0.4) is 0 Å². The van der Waals surface area contributed by atoms with Crippen LogP contribution in [0.5, 0.6) is 5.75 Å². The monoisotopic (exact) mass is 388 g/mol. The number of phenolic OH excluding ortho intramolecular Hbond substituents is 1. The topological polar surface area (TPSA) is 92.9 Å². The highest BCUT2D eigenvalue weighted by Crippen LogP contribution is 2.39. The lowest BCUT2D eigenvalue weighted by Gasteiger charge is -2.34. The molecule has 0 saturated carbocycles. The van der Waals surface area contributed by atoms with Gasteiger partial charge in [0.25, 0.3) is 0 Å². The minimum absolute atomic E-state index is 0.0514. The number of nitro benzene ring substituents is 1. The van der Waals surface area contributed by atoms with Crippen molar-refractivity contribution in [3.8, 4) is 5.75 Å². The van der Waals surface area contributed by atoms with E-state index in [1.165, 1.54) is 6.07 Å². The van der Waals surface area contributed by atoms with Crippen LogP contribution >= 0.6 is 11.6 Å². The van der Waals surface area contributed by atoms with E-state index in [4.69, 9.17) is 16.3 Å². The number of halogens is 2. The SMILES string of the molecule is CC(C)(C)OC(=O)N1CCCC(Cc2cc(Cl)c(O)c([N+](=O)[O-])c2F)C1. The highest BCUT2D eigenvalue weighted by Gasteiger charge is 2.31. The first-order valence-corrected chi connectivity index (χ1v) is 8.69. The molecule has 0 bridgehead atoms. The molecule has 9 heteroatoms. The van der Waals surface area contributed by atoms with Crippen LogP contribution in [-0.4, -0.2) is 39.7 Å². The average molecular weight is 389 g/mol. The van der Waals surface area contributed by atoms with Crippen molar-refractivity contribution in [3.63, 3.8) is 0 Å². The Morgan fingerprint density at radius 3 is 2.77 bits per heavy atom. The summed E-state index contributed by atoms with van der Waals surface area (Å²) >= 11 is 5.80. The summed E-state index contributed by atoms with van der Waals surface area (Å²) in [5.74, 6) is -2.06. The number of nitro groups is 1. The third-order valence-corrected chi connectivity index (χ3v) is 4.39. The molecular formula is C17H22ClFN2O5. The zero-order valence-electron chi connectivity index (χ0n) is 14.9. The molecule has 1 N–H and O–H groups in total. The van der Waals surface area contributed by atoms with E-state index < -0.39 is 33.9 Å². The molecule has 1 heterocycles. The number of nitrogens with zero attached hydrogens (tertiary/aromatic N) is 2. The number of aromatic hydroxyl groups is 1. The summed E-state index contributed by atoms with van der Waals surface area (Å²) in [5, 5.41) is 20.3. The summed E-state index contributed by atoms with van der Waals surface area (Å²) in [4.78, 5) is 23.8. The van der Waals surface area contributed by atoms with Gasteiger partial charge in [0.2, 0.25) is 11.6 Å². The molecule has 1 amide bonds. The van der Waals surface area contributed by atoms with Gasteiger partial charge in [-0.25, -0.2) is 4.79 Å². The van der Waals surface area contributed by atoms with E-state index in [-0.39, 0.29) is 22.9 Å². The van der Waals surface area contributed by atoms with Gasteiger partial charge in [-0.2, -0.15) is 4.39 Å². The Hall–Kier alpha value is -2.09. The Bertz CT molecular complexity index is 720. The van der Waals surface area contributed by atoms with E-state index in [1.54, 1.807) is 25.7 Å². The van der Waals surface area contributed by atoms with Crippen molar-refractivity contribution in [2.75, 3.05) is 13.1 Å². The van der Waals surface area contributed by atoms with Gasteiger partial charge in [0, 0.05) is 13.1 Å². The third-order valence-electron chi connectivity index (χ3n) is 4.10. The van der Waals surface area contributed by atoms with Gasteiger partial charge in [0.1, 0.15) is 5.60 Å². The van der Waals surface area contributed by atoms with Gasteiger partial charge in [0.15, 0.2) is 0 Å². The second-order valence-electron chi connectivity index (χ2n) is 7.42. The fourth-order valence-corrected chi connectivity index (χ4v) is 3.23. The number of amides is 1. The maximum atomic E-state index is 14.4. The fourth-order valence-electron chi connectivity index (χ4n) is 3.00. The first kappa shape index (κ1) is 20.2. The van der Waals surface area contributed by atoms with Crippen LogP contribution < -0.4 is 0 Å². The third kappa shape index (κ3) is 4.75. The Labute approximate surface area is 155 Å². The molecule has 1 atom stereocenters. The summed E-state index contributed by atoms with van der Waals surface area (Å²) in [6, 6.07) is 1.20. The highest BCUT2D eigenvalue weighted by molar-refractivity contribution is 6.32. The van der Waals surface area contributed by atoms with Crippen molar-refractivity contribution in [1.29, 1.82) is 0 Å². The Morgan fingerprint density at radius 2 is 2.19 bits per heavy atom. The number of carbonyl (C=O) groups excluding carboxylic acids is 1. The van der Waals surface area contributed by atoms with E-state index in [9.17, 15) is 24.4 Å². The van der Waals surface area contributed by atoms with E-state index in [0.717, 1.165) is 12.8 Å². The zero-order chi connectivity index (χ0) is 19.6. The Morgan fingerprint density at radius 1 is 1.54 bits per heavy atom. The Kier molecular flexibility index (Phi) is 5.95. The molecule has 0 aromatic heterocycles. The molecule has 1 aliphatic rings. The van der Waals surface area contributed by atoms with Gasteiger partial charge in [-0.1, -0.05) is 11.6 Å². The van der Waals surface area contributed by atoms with Crippen LogP contribution in [0.15, 0.2) is 6.07 Å². The van der Waals surface area contributed by atoms with E-state index in [1.807, 2.05) is 0 Å². The number of ether oxygens (including phenoxy) is 1. The summed E-state index contributed by atoms with van der Waals surface area (Å²) in [6.45, 7) is 6.24. The number of piperidine rings is 1. The lowest BCUT2D eigenvalue weighted by molar-refractivity contribution is -0.388. The quantitative estimate of drug-likeness (QED) is 0.616. The second kappa shape index (κ2) is 7.65. The molecule has 7 nitrogen and oxygen atoms in total. The number of rotatable bonds is 3. The van der Waals surface area contributed by atoms with Crippen molar-refractivity contribution in [2.24, 2.45) is 5.92 Å². The molecule has 1 aromatic rings. The van der Waals surface area contributed by atoms with Crippen molar-refractivity contribution >= 4 is 23.4 Å². The van der Waals surface area contributed by atoms with E-state index in [2.05, 4.69) is 0 Å². The van der Waals surface area contributed by atoms with Crippen LogP contribution in [0.1, 0.15) is 39.2 Å². The largest absolute Gasteiger partial charge is 0.501 e. The van der Waals surface area contributed by atoms with Gasteiger partial charge in [-0.3, -0.25) is 10.1 Å². The highest BCUT2D eigenvalue weighted by atomic mass is 35.5. The lowest BCUT2D eigenvalue weighted by Crippen LogP contribution is -2.43. The van der Waals surface area contributed by atoms with E-state index >= 15 is 0 Å². The first-order valence-electron chi connectivity index (χ1n) is 8.31. The van der Waals surface area contributed by atoms with Crippen molar-refractivity contribution in [2.45, 2.75) is 45.6 Å². The minimum Gasteiger partial charge on any atom is -0.501 e. The molecule has 1 unspecified atom stereocenters. The average Bonchev–Trinajstić information content (AvgIpc) is 2.51. The Balaban J connectivity index is 2.16. The number of hydrogen-bond acceptors (Lipinski definition) is 5. The van der Waals surface area contributed by atoms with Gasteiger partial charge >= 0.3 is 11.8 Å². The molecule has 144 valence electrons. The molecule has 0 spiro atoms. The van der Waals surface area contributed by atoms with Gasteiger partial charge in [-0.15, -0.1) is 0 Å². The molecule has 26 heavy (non-hydrogen) atoms. The first-order chi connectivity index (χ1) is 12.0. The number of benzene rings is 1. The van der Waals surface area contributed by atoms with Crippen LogP contribution in [-0.2, 0) is 11.2 Å². The lowest BCUT2D eigenvalue weighted by atomic mass is 9.91. The predicted octanol–water partition coefficient (Wildman–Crippen LogP) is 4.28. The zero-order valence-corrected chi connectivity index (χ0v) is 15.7. The van der Waals surface area contributed by atoms with Crippen LogP contribution in [0, 0.1) is 21.8 Å². The van der Waals surface area contributed by atoms with Crippen LogP contribution in [0.4, 0.5) is 14.9 Å². The summed E-state index contributed by atoms with van der Waals surface area (Å²) in [7, 11) is 0. The molecule has 2 rings (SSSR count). The molecule has 0 aliphatic carbocycles. The van der Waals surface area contributed by atoms with Crippen LogP contribution in [0.2, 0.25) is 5.02 Å². The van der Waals surface area contributed by atoms with Crippen molar-refractivity contribution < 1.29 is 24.0 Å². The van der Waals surface area contributed by atoms with Crippen molar-refractivity contribution in [1.82, 2.24) is 4.90 Å².